The Morgan fingerprint density at radius 2 is 1.68 bits per heavy atom. The lowest BCUT2D eigenvalue weighted by atomic mass is 9.88. The molecule has 8 heteroatoms. The van der Waals surface area contributed by atoms with Gasteiger partial charge in [0.2, 0.25) is 9.84 Å². The molecule has 1 aliphatic carbocycles. The van der Waals surface area contributed by atoms with Gasteiger partial charge in [-0.05, 0) is 60.7 Å². The van der Waals surface area contributed by atoms with E-state index in [1.165, 1.54) is 35.9 Å². The monoisotopic (exact) mass is 475 g/mol. The quantitative estimate of drug-likeness (QED) is 0.454. The summed E-state index contributed by atoms with van der Waals surface area (Å²) in [5.41, 5.74) is 2.32. The fourth-order valence-corrected chi connectivity index (χ4v) is 6.24. The lowest BCUT2D eigenvalue weighted by Gasteiger charge is -2.26. The van der Waals surface area contributed by atoms with Crippen molar-refractivity contribution in [1.29, 1.82) is 0 Å². The number of ketones is 1. The minimum absolute atomic E-state index is 0.00366. The highest BCUT2D eigenvalue weighted by molar-refractivity contribution is 7.91. The number of fused-ring (bicyclic) bond motifs is 3. The standard InChI is InChI=1S/C26H21NO6S/c28-24(27-21-10-5-7-16-6-1-2-8-18(16)21)15-33-26(30)17-12-13-20-23(14-17)34(31,32)22-11-4-3-9-19(22)25(20)29/h1-4,6,8-9,11-14,21H,5,7,10,15H2,(H,27,28)/t21-/m0/s1. The summed E-state index contributed by atoms with van der Waals surface area (Å²) < 4.78 is 31.2. The van der Waals surface area contributed by atoms with Crippen LogP contribution in [0.15, 0.2) is 76.5 Å². The maximum Gasteiger partial charge on any atom is 0.338 e. The molecule has 5 rings (SSSR count). The predicted octanol–water partition coefficient (Wildman–Crippen LogP) is 3.41. The summed E-state index contributed by atoms with van der Waals surface area (Å²) in [6, 6.07) is 17.5. The molecule has 0 unspecified atom stereocenters. The lowest BCUT2D eigenvalue weighted by Crippen LogP contribution is -2.34. The topological polar surface area (TPSA) is 107 Å². The molecule has 1 N–H and O–H groups in total. The number of hydrogen-bond donors (Lipinski definition) is 1. The van der Waals surface area contributed by atoms with Crippen LogP contribution in [0.3, 0.4) is 0 Å². The molecular formula is C26H21NO6S. The van der Waals surface area contributed by atoms with Crippen molar-refractivity contribution in [2.24, 2.45) is 0 Å². The first-order valence-electron chi connectivity index (χ1n) is 10.9. The van der Waals surface area contributed by atoms with Gasteiger partial charge in [-0.2, -0.15) is 0 Å². The van der Waals surface area contributed by atoms with Crippen molar-refractivity contribution in [1.82, 2.24) is 5.32 Å². The van der Waals surface area contributed by atoms with Crippen molar-refractivity contribution in [3.63, 3.8) is 0 Å². The second-order valence-corrected chi connectivity index (χ2v) is 10.2. The van der Waals surface area contributed by atoms with Crippen LogP contribution in [-0.4, -0.2) is 32.7 Å². The molecule has 1 amide bonds. The molecule has 1 aliphatic heterocycles. The van der Waals surface area contributed by atoms with E-state index in [0.29, 0.717) is 0 Å². The van der Waals surface area contributed by atoms with Gasteiger partial charge in [-0.3, -0.25) is 9.59 Å². The van der Waals surface area contributed by atoms with Crippen LogP contribution in [-0.2, 0) is 25.8 Å². The molecule has 0 saturated carbocycles. The van der Waals surface area contributed by atoms with Crippen LogP contribution in [0.25, 0.3) is 0 Å². The average molecular weight is 476 g/mol. The van der Waals surface area contributed by atoms with Crippen LogP contribution < -0.4 is 5.32 Å². The average Bonchev–Trinajstić information content (AvgIpc) is 2.86. The Morgan fingerprint density at radius 3 is 2.53 bits per heavy atom. The third-order valence-corrected chi connectivity index (χ3v) is 8.06. The molecule has 0 radical (unpaired) electrons. The molecule has 7 nitrogen and oxygen atoms in total. The largest absolute Gasteiger partial charge is 0.452 e. The number of nitrogens with one attached hydrogen (secondary N) is 1. The number of sulfone groups is 1. The SMILES string of the molecule is O=C(COC(=O)c1ccc2c(c1)S(=O)(=O)c1ccccc1C2=O)N[C@H]1CCCc2ccccc21. The van der Waals surface area contributed by atoms with Gasteiger partial charge in [0.1, 0.15) is 0 Å². The number of ether oxygens (including phenoxy) is 1. The molecule has 0 spiro atoms. The summed E-state index contributed by atoms with van der Waals surface area (Å²) in [4.78, 5) is 37.4. The highest BCUT2D eigenvalue weighted by atomic mass is 32.2. The third kappa shape index (κ3) is 3.80. The van der Waals surface area contributed by atoms with Crippen LogP contribution in [0, 0.1) is 0 Å². The van der Waals surface area contributed by atoms with Crippen LogP contribution >= 0.6 is 0 Å². The van der Waals surface area contributed by atoms with Gasteiger partial charge in [-0.25, -0.2) is 13.2 Å². The number of hydrogen-bond acceptors (Lipinski definition) is 6. The summed E-state index contributed by atoms with van der Waals surface area (Å²) in [5.74, 6) is -1.71. The number of amides is 1. The summed E-state index contributed by atoms with van der Waals surface area (Å²) in [6.07, 6.45) is 2.72. The number of aryl methyl sites for hydroxylation is 1. The molecule has 34 heavy (non-hydrogen) atoms. The van der Waals surface area contributed by atoms with E-state index in [-0.39, 0.29) is 32.5 Å². The zero-order valence-electron chi connectivity index (χ0n) is 18.1. The van der Waals surface area contributed by atoms with Gasteiger partial charge in [-0.15, -0.1) is 0 Å². The summed E-state index contributed by atoms with van der Waals surface area (Å²) >= 11 is 0. The second-order valence-electron chi connectivity index (χ2n) is 8.33. The minimum atomic E-state index is -3.98. The van der Waals surface area contributed by atoms with Gasteiger partial charge >= 0.3 is 5.97 Å². The molecule has 0 saturated heterocycles. The first-order chi connectivity index (χ1) is 16.4. The maximum absolute atomic E-state index is 13.0. The molecule has 2 aliphatic rings. The van der Waals surface area contributed by atoms with E-state index in [2.05, 4.69) is 5.32 Å². The molecule has 0 bridgehead atoms. The molecular weight excluding hydrogens is 454 g/mol. The Bertz CT molecular complexity index is 1440. The van der Waals surface area contributed by atoms with Gasteiger partial charge < -0.3 is 10.1 Å². The molecule has 1 atom stereocenters. The van der Waals surface area contributed by atoms with Gasteiger partial charge in [0, 0.05) is 11.1 Å². The number of benzene rings is 3. The van der Waals surface area contributed by atoms with Crippen molar-refractivity contribution in [3.05, 3.63) is 94.5 Å². The Balaban J connectivity index is 1.30. The van der Waals surface area contributed by atoms with Gasteiger partial charge in [0.05, 0.1) is 21.4 Å². The number of esters is 1. The van der Waals surface area contributed by atoms with Crippen molar-refractivity contribution in [2.75, 3.05) is 6.61 Å². The normalized spacial score (nSPS) is 17.6. The van der Waals surface area contributed by atoms with E-state index < -0.39 is 34.1 Å². The van der Waals surface area contributed by atoms with E-state index in [4.69, 9.17) is 4.74 Å². The number of rotatable bonds is 4. The van der Waals surface area contributed by atoms with Crippen molar-refractivity contribution >= 4 is 27.5 Å². The lowest BCUT2D eigenvalue weighted by molar-refractivity contribution is -0.125. The van der Waals surface area contributed by atoms with E-state index in [1.807, 2.05) is 24.3 Å². The molecule has 3 aromatic carbocycles. The van der Waals surface area contributed by atoms with Gasteiger partial charge in [0.15, 0.2) is 12.4 Å². The molecule has 0 aromatic heterocycles. The fourth-order valence-electron chi connectivity index (χ4n) is 4.57. The second kappa shape index (κ2) is 8.53. The Hall–Kier alpha value is -3.78. The summed E-state index contributed by atoms with van der Waals surface area (Å²) in [6.45, 7) is -0.497. The van der Waals surface area contributed by atoms with Gasteiger partial charge in [-0.1, -0.05) is 36.4 Å². The fraction of sp³-hybridized carbons (Fsp3) is 0.192. The van der Waals surface area contributed by atoms with Crippen molar-refractivity contribution in [2.45, 2.75) is 35.1 Å². The Kier molecular flexibility index (Phi) is 5.53. The van der Waals surface area contributed by atoms with E-state index in [9.17, 15) is 22.8 Å². The first kappa shape index (κ1) is 22.0. The summed E-state index contributed by atoms with van der Waals surface area (Å²) in [7, 11) is -3.98. The first-order valence-corrected chi connectivity index (χ1v) is 12.4. The Morgan fingerprint density at radius 1 is 0.941 bits per heavy atom. The molecule has 0 fully saturated rings. The van der Waals surface area contributed by atoms with Gasteiger partial charge in [0.25, 0.3) is 5.91 Å². The highest BCUT2D eigenvalue weighted by Crippen LogP contribution is 2.35. The molecule has 1 heterocycles. The molecule has 3 aromatic rings. The third-order valence-electron chi connectivity index (χ3n) is 6.21. The smallest absolute Gasteiger partial charge is 0.338 e. The van der Waals surface area contributed by atoms with E-state index >= 15 is 0 Å². The predicted molar refractivity (Wildman–Crippen MR) is 122 cm³/mol. The highest BCUT2D eigenvalue weighted by Gasteiger charge is 2.35. The summed E-state index contributed by atoms with van der Waals surface area (Å²) in [5, 5.41) is 2.90. The molecule has 172 valence electrons. The maximum atomic E-state index is 13.0. The van der Waals surface area contributed by atoms with E-state index in [0.717, 1.165) is 30.9 Å². The zero-order valence-corrected chi connectivity index (χ0v) is 18.9. The van der Waals surface area contributed by atoms with E-state index in [1.54, 1.807) is 6.07 Å². The van der Waals surface area contributed by atoms with Crippen molar-refractivity contribution in [3.8, 4) is 0 Å². The van der Waals surface area contributed by atoms with Crippen LogP contribution in [0.5, 0.6) is 0 Å². The minimum Gasteiger partial charge on any atom is -0.452 e. The number of carbonyl (C=O) groups excluding carboxylic acids is 3. The van der Waals surface area contributed by atoms with Crippen LogP contribution in [0.1, 0.15) is 56.3 Å². The van der Waals surface area contributed by atoms with Crippen LogP contribution in [0.2, 0.25) is 0 Å². The zero-order chi connectivity index (χ0) is 23.9. The Labute approximate surface area is 196 Å². The van der Waals surface area contributed by atoms with Crippen LogP contribution in [0.4, 0.5) is 0 Å². The van der Waals surface area contributed by atoms with Crippen molar-refractivity contribution < 1.29 is 27.5 Å². The number of carbonyl (C=O) groups is 3.